The summed E-state index contributed by atoms with van der Waals surface area (Å²) in [5, 5.41) is 3.09. The van der Waals surface area contributed by atoms with Crippen LogP contribution in [0.2, 0.25) is 0 Å². The first-order chi connectivity index (χ1) is 8.56. The van der Waals surface area contributed by atoms with E-state index in [0.29, 0.717) is 11.5 Å². The van der Waals surface area contributed by atoms with E-state index >= 15 is 0 Å². The molecular weight excluding hydrogens is 231 g/mol. The van der Waals surface area contributed by atoms with E-state index in [4.69, 9.17) is 0 Å². The number of rotatable bonds is 3. The van der Waals surface area contributed by atoms with Gasteiger partial charge in [-0.2, -0.15) is 0 Å². The first kappa shape index (κ1) is 12.3. The molecule has 0 saturated heterocycles. The first-order valence-electron chi connectivity index (χ1n) is 5.59. The molecule has 2 aromatic rings. The zero-order valence-corrected chi connectivity index (χ0v) is 10.6. The molecule has 0 aliphatic rings. The topological polar surface area (TPSA) is 41.0 Å². The standard InChI is InChI=1S/C13H15FN4/c1-9-4-5-10(14)6-11(9)17-12-7-13(18(2)3)16-8-15-12/h4-8H,1-3H3,(H,15,16,17). The maximum Gasteiger partial charge on any atom is 0.135 e. The Balaban J connectivity index is 2.28. The minimum atomic E-state index is -0.273. The monoisotopic (exact) mass is 246 g/mol. The number of benzene rings is 1. The third-order valence-electron chi connectivity index (χ3n) is 2.57. The molecule has 0 saturated carbocycles. The van der Waals surface area contributed by atoms with Crippen molar-refractivity contribution in [3.8, 4) is 0 Å². The summed E-state index contributed by atoms with van der Waals surface area (Å²) in [6.07, 6.45) is 1.48. The molecule has 2 rings (SSSR count). The van der Waals surface area contributed by atoms with Crippen LogP contribution in [0.1, 0.15) is 5.56 Å². The molecule has 1 aromatic heterocycles. The van der Waals surface area contributed by atoms with Crippen molar-refractivity contribution < 1.29 is 4.39 Å². The number of anilines is 3. The van der Waals surface area contributed by atoms with E-state index in [1.165, 1.54) is 18.5 Å². The van der Waals surface area contributed by atoms with Crippen LogP contribution in [0.5, 0.6) is 0 Å². The van der Waals surface area contributed by atoms with Gasteiger partial charge in [-0.1, -0.05) is 6.07 Å². The van der Waals surface area contributed by atoms with E-state index in [0.717, 1.165) is 11.4 Å². The zero-order valence-electron chi connectivity index (χ0n) is 10.6. The van der Waals surface area contributed by atoms with E-state index in [-0.39, 0.29) is 5.82 Å². The Morgan fingerprint density at radius 3 is 2.67 bits per heavy atom. The van der Waals surface area contributed by atoms with Crippen molar-refractivity contribution in [3.05, 3.63) is 42.0 Å². The lowest BCUT2D eigenvalue weighted by Gasteiger charge is -2.13. The molecule has 1 N–H and O–H groups in total. The van der Waals surface area contributed by atoms with Gasteiger partial charge >= 0.3 is 0 Å². The van der Waals surface area contributed by atoms with Gasteiger partial charge in [-0.3, -0.25) is 0 Å². The molecule has 0 aliphatic heterocycles. The lowest BCUT2D eigenvalue weighted by Crippen LogP contribution is -2.11. The summed E-state index contributed by atoms with van der Waals surface area (Å²) >= 11 is 0. The maximum atomic E-state index is 13.2. The highest BCUT2D eigenvalue weighted by Gasteiger charge is 2.04. The summed E-state index contributed by atoms with van der Waals surface area (Å²) in [6.45, 7) is 1.91. The lowest BCUT2D eigenvalue weighted by atomic mass is 10.2. The molecule has 0 amide bonds. The SMILES string of the molecule is Cc1ccc(F)cc1Nc1cc(N(C)C)ncn1. The van der Waals surface area contributed by atoms with Gasteiger partial charge in [0.1, 0.15) is 23.8 Å². The van der Waals surface area contributed by atoms with Gasteiger partial charge < -0.3 is 10.2 Å². The third kappa shape index (κ3) is 2.74. The highest BCUT2D eigenvalue weighted by atomic mass is 19.1. The average Bonchev–Trinajstić information content (AvgIpc) is 2.34. The minimum absolute atomic E-state index is 0.273. The number of hydrogen-bond donors (Lipinski definition) is 1. The van der Waals surface area contributed by atoms with Crippen LogP contribution >= 0.6 is 0 Å². The fourth-order valence-electron chi connectivity index (χ4n) is 1.53. The van der Waals surface area contributed by atoms with Gasteiger partial charge in [0.15, 0.2) is 0 Å². The molecule has 0 aliphatic carbocycles. The predicted molar refractivity (Wildman–Crippen MR) is 70.8 cm³/mol. The fourth-order valence-corrected chi connectivity index (χ4v) is 1.53. The number of aryl methyl sites for hydroxylation is 1. The molecule has 5 heteroatoms. The smallest absolute Gasteiger partial charge is 0.135 e. The van der Waals surface area contributed by atoms with E-state index in [1.807, 2.05) is 32.0 Å². The molecule has 4 nitrogen and oxygen atoms in total. The van der Waals surface area contributed by atoms with Gasteiger partial charge in [-0.15, -0.1) is 0 Å². The summed E-state index contributed by atoms with van der Waals surface area (Å²) < 4.78 is 13.2. The zero-order chi connectivity index (χ0) is 13.1. The highest BCUT2D eigenvalue weighted by Crippen LogP contribution is 2.21. The normalized spacial score (nSPS) is 10.2. The molecule has 0 unspecified atom stereocenters. The van der Waals surface area contributed by atoms with E-state index in [9.17, 15) is 4.39 Å². The van der Waals surface area contributed by atoms with Gasteiger partial charge in [0.2, 0.25) is 0 Å². The van der Waals surface area contributed by atoms with Crippen molar-refractivity contribution in [2.24, 2.45) is 0 Å². The van der Waals surface area contributed by atoms with Gasteiger partial charge in [0.25, 0.3) is 0 Å². The Kier molecular flexibility index (Phi) is 3.41. The Morgan fingerprint density at radius 2 is 1.94 bits per heavy atom. The molecule has 1 aromatic carbocycles. The molecule has 0 radical (unpaired) electrons. The number of hydrogen-bond acceptors (Lipinski definition) is 4. The van der Waals surface area contributed by atoms with E-state index in [1.54, 1.807) is 6.07 Å². The number of nitrogens with zero attached hydrogens (tertiary/aromatic N) is 3. The minimum Gasteiger partial charge on any atom is -0.363 e. The van der Waals surface area contributed by atoms with Crippen molar-refractivity contribution in [1.29, 1.82) is 0 Å². The second kappa shape index (κ2) is 5.00. The summed E-state index contributed by atoms with van der Waals surface area (Å²) in [5.41, 5.74) is 1.67. The van der Waals surface area contributed by atoms with Crippen LogP contribution in [0.15, 0.2) is 30.6 Å². The van der Waals surface area contributed by atoms with E-state index < -0.39 is 0 Å². The van der Waals surface area contributed by atoms with Crippen molar-refractivity contribution in [2.45, 2.75) is 6.92 Å². The highest BCUT2D eigenvalue weighted by molar-refractivity contribution is 5.62. The quantitative estimate of drug-likeness (QED) is 0.904. The molecule has 0 fully saturated rings. The number of nitrogens with one attached hydrogen (secondary N) is 1. The third-order valence-corrected chi connectivity index (χ3v) is 2.57. The molecule has 94 valence electrons. The summed E-state index contributed by atoms with van der Waals surface area (Å²) in [6, 6.07) is 6.43. The Hall–Kier alpha value is -2.17. The van der Waals surface area contributed by atoms with Crippen LogP contribution in [0.25, 0.3) is 0 Å². The molecule has 1 heterocycles. The predicted octanol–water partition coefficient (Wildman–Crippen LogP) is 2.73. The largest absolute Gasteiger partial charge is 0.363 e. The van der Waals surface area contributed by atoms with Crippen LogP contribution in [0.4, 0.5) is 21.7 Å². The summed E-state index contributed by atoms with van der Waals surface area (Å²) in [5.74, 6) is 1.16. The van der Waals surface area contributed by atoms with Crippen molar-refractivity contribution >= 4 is 17.3 Å². The Labute approximate surface area is 105 Å². The lowest BCUT2D eigenvalue weighted by molar-refractivity contribution is 0.628. The van der Waals surface area contributed by atoms with Crippen LogP contribution in [0, 0.1) is 12.7 Å². The van der Waals surface area contributed by atoms with Gasteiger partial charge in [-0.05, 0) is 24.6 Å². The number of halogens is 1. The van der Waals surface area contributed by atoms with Crippen molar-refractivity contribution in [1.82, 2.24) is 9.97 Å². The Bertz CT molecular complexity index is 554. The van der Waals surface area contributed by atoms with Crippen LogP contribution in [-0.2, 0) is 0 Å². The van der Waals surface area contributed by atoms with Crippen LogP contribution in [0.3, 0.4) is 0 Å². The van der Waals surface area contributed by atoms with E-state index in [2.05, 4.69) is 15.3 Å². The molecule has 0 atom stereocenters. The summed E-state index contributed by atoms with van der Waals surface area (Å²) in [4.78, 5) is 10.1. The van der Waals surface area contributed by atoms with Crippen LogP contribution in [-0.4, -0.2) is 24.1 Å². The molecule has 0 bridgehead atoms. The second-order valence-corrected chi connectivity index (χ2v) is 4.24. The van der Waals surface area contributed by atoms with Crippen molar-refractivity contribution in [3.63, 3.8) is 0 Å². The van der Waals surface area contributed by atoms with Gasteiger partial charge in [0, 0.05) is 25.8 Å². The fraction of sp³-hybridized carbons (Fsp3) is 0.231. The number of aromatic nitrogens is 2. The van der Waals surface area contributed by atoms with Gasteiger partial charge in [-0.25, -0.2) is 14.4 Å². The Morgan fingerprint density at radius 1 is 1.17 bits per heavy atom. The summed E-state index contributed by atoms with van der Waals surface area (Å²) in [7, 11) is 3.80. The van der Waals surface area contributed by atoms with Crippen molar-refractivity contribution in [2.75, 3.05) is 24.3 Å². The second-order valence-electron chi connectivity index (χ2n) is 4.24. The molecular formula is C13H15FN4. The van der Waals surface area contributed by atoms with Crippen LogP contribution < -0.4 is 10.2 Å². The molecule has 0 spiro atoms. The maximum absolute atomic E-state index is 13.2. The van der Waals surface area contributed by atoms with Gasteiger partial charge in [0.05, 0.1) is 0 Å². The average molecular weight is 246 g/mol. The molecule has 18 heavy (non-hydrogen) atoms. The first-order valence-corrected chi connectivity index (χ1v) is 5.59.